The summed E-state index contributed by atoms with van der Waals surface area (Å²) in [5, 5.41) is 21.3. The van der Waals surface area contributed by atoms with E-state index in [2.05, 4.69) is 71.9 Å². The smallest absolute Gasteiger partial charge is 0.303 e. The molecule has 1 amide bonds. The predicted molar refractivity (Wildman–Crippen MR) is 186 cm³/mol. The average Bonchev–Trinajstić information content (AvgIpc) is 3.11. The molecule has 1 aliphatic rings. The third kappa shape index (κ3) is 10.3. The lowest BCUT2D eigenvalue weighted by molar-refractivity contribution is -0.252. The van der Waals surface area contributed by atoms with E-state index in [1.807, 2.05) is 48.5 Å². The van der Waals surface area contributed by atoms with Gasteiger partial charge in [-0.25, -0.2) is 0 Å². The second-order valence-electron chi connectivity index (χ2n) is 12.5. The van der Waals surface area contributed by atoms with Gasteiger partial charge in [0.25, 0.3) is 0 Å². The van der Waals surface area contributed by atoms with Crippen molar-refractivity contribution in [3.8, 4) is 11.1 Å². The Morgan fingerprint density at radius 1 is 0.792 bits per heavy atom. The molecule has 0 saturated carbocycles. The Morgan fingerprint density at radius 3 is 2.21 bits per heavy atom. The molecule has 0 spiro atoms. The Balaban J connectivity index is 1.25. The molecule has 0 radical (unpaired) electrons. The Kier molecular flexibility index (Phi) is 12.9. The van der Waals surface area contributed by atoms with Gasteiger partial charge in [0.15, 0.2) is 6.29 Å². The highest BCUT2D eigenvalue weighted by Crippen LogP contribution is 2.39. The molecule has 4 aromatic rings. The maximum absolute atomic E-state index is 12.5. The fraction of sp³-hybridized carbons (Fsp3) is 0.350. The van der Waals surface area contributed by atoms with Crippen LogP contribution in [0.4, 0.5) is 0 Å². The predicted octanol–water partition coefficient (Wildman–Crippen LogP) is 7.17. The van der Waals surface area contributed by atoms with Gasteiger partial charge in [0.1, 0.15) is 0 Å². The molecule has 1 aliphatic heterocycles. The van der Waals surface area contributed by atoms with E-state index in [1.165, 1.54) is 5.56 Å². The number of carbonyl (C=O) groups is 2. The molecule has 1 heterocycles. The number of carbonyl (C=O) groups excluding carboxylic acids is 1. The monoisotopic (exact) mass is 650 g/mol. The third-order valence-corrected chi connectivity index (χ3v) is 8.71. The number of ether oxygens (including phenoxy) is 2. The number of rotatable bonds is 16. The number of nitrogens with one attached hydrogen (secondary N) is 1. The minimum Gasteiger partial charge on any atom is -0.481 e. The molecule has 8 heteroatoms. The van der Waals surface area contributed by atoms with Crippen LogP contribution in [0.15, 0.2) is 103 Å². The molecule has 4 aromatic carbocycles. The number of amides is 1. The summed E-state index contributed by atoms with van der Waals surface area (Å²) >= 11 is 0. The number of hydrogen-bond acceptors (Lipinski definition) is 6. The summed E-state index contributed by atoms with van der Waals surface area (Å²) in [4.78, 5) is 25.4. The Hall–Kier alpha value is -4.34. The van der Waals surface area contributed by atoms with Crippen LogP contribution in [-0.2, 0) is 38.8 Å². The van der Waals surface area contributed by atoms with E-state index in [0.29, 0.717) is 32.2 Å². The van der Waals surface area contributed by atoms with E-state index < -0.39 is 12.3 Å². The van der Waals surface area contributed by atoms with Crippen LogP contribution in [0.3, 0.4) is 0 Å². The Bertz CT molecular complexity index is 1590. The maximum Gasteiger partial charge on any atom is 0.303 e. The molecule has 0 bridgehead atoms. The average molecular weight is 651 g/mol. The van der Waals surface area contributed by atoms with Gasteiger partial charge in [0.2, 0.25) is 5.91 Å². The van der Waals surface area contributed by atoms with Crippen molar-refractivity contribution in [1.29, 1.82) is 0 Å². The summed E-state index contributed by atoms with van der Waals surface area (Å²) in [7, 11) is 2.11. The highest BCUT2D eigenvalue weighted by Gasteiger charge is 2.33. The standard InChI is InChI=1S/C40H46N2O6/c1-42(26-29-10-4-2-5-11-29)27-35-24-37(32-18-16-30(28-43)17-19-32)48-40(47-35)33-22-20-31(21-23-33)36-13-9-8-12-34(36)25-41-38(44)14-6-3-7-15-39(45)46/h2,4-5,8-13,16-23,35,37,40,43H,3,6-7,14-15,24-28H2,1H3,(H,41,44)(H,45,46)/t35-,37+,40+/m1/s1. The van der Waals surface area contributed by atoms with Crippen molar-refractivity contribution >= 4 is 11.9 Å². The quantitative estimate of drug-likeness (QED) is 0.110. The van der Waals surface area contributed by atoms with Crippen molar-refractivity contribution in [2.45, 2.75) is 76.7 Å². The van der Waals surface area contributed by atoms with Gasteiger partial charge in [0.05, 0.1) is 18.8 Å². The first kappa shape index (κ1) is 35.0. The molecule has 3 atom stereocenters. The molecule has 8 nitrogen and oxygen atoms in total. The third-order valence-electron chi connectivity index (χ3n) is 8.71. The number of benzene rings is 4. The largest absolute Gasteiger partial charge is 0.481 e. The van der Waals surface area contributed by atoms with Gasteiger partial charge in [-0.2, -0.15) is 0 Å². The van der Waals surface area contributed by atoms with E-state index in [-0.39, 0.29) is 31.1 Å². The second kappa shape index (κ2) is 17.7. The van der Waals surface area contributed by atoms with Crippen molar-refractivity contribution in [2.24, 2.45) is 0 Å². The summed E-state index contributed by atoms with van der Waals surface area (Å²) in [6.45, 7) is 1.99. The van der Waals surface area contributed by atoms with Gasteiger partial charge in [-0.1, -0.05) is 110 Å². The zero-order chi connectivity index (χ0) is 33.7. The van der Waals surface area contributed by atoms with Crippen LogP contribution in [0.5, 0.6) is 0 Å². The first-order valence-electron chi connectivity index (χ1n) is 16.8. The first-order chi connectivity index (χ1) is 23.4. The molecule has 1 fully saturated rings. The summed E-state index contributed by atoms with van der Waals surface area (Å²) < 4.78 is 13.2. The number of carboxylic acid groups (broad SMARTS) is 1. The number of aliphatic hydroxyl groups excluding tert-OH is 1. The lowest BCUT2D eigenvalue weighted by Gasteiger charge is -2.38. The van der Waals surface area contributed by atoms with Gasteiger partial charge in [0, 0.05) is 44.5 Å². The highest BCUT2D eigenvalue weighted by molar-refractivity contribution is 5.76. The number of aliphatic hydroxyl groups is 1. The fourth-order valence-corrected chi connectivity index (χ4v) is 6.14. The van der Waals surface area contributed by atoms with Crippen LogP contribution in [0.25, 0.3) is 11.1 Å². The normalized spacial score (nSPS) is 17.7. The Morgan fingerprint density at radius 2 is 1.48 bits per heavy atom. The number of unbranched alkanes of at least 4 members (excludes halogenated alkanes) is 2. The molecule has 5 rings (SSSR count). The molecule has 1 saturated heterocycles. The number of nitrogens with zero attached hydrogens (tertiary/aromatic N) is 1. The van der Waals surface area contributed by atoms with Crippen LogP contribution in [-0.4, -0.2) is 46.7 Å². The van der Waals surface area contributed by atoms with Gasteiger partial charge in [-0.05, 0) is 53.3 Å². The van der Waals surface area contributed by atoms with Gasteiger partial charge in [-0.15, -0.1) is 0 Å². The second-order valence-corrected chi connectivity index (χ2v) is 12.5. The van der Waals surface area contributed by atoms with E-state index in [1.54, 1.807) is 0 Å². The molecular weight excluding hydrogens is 604 g/mol. The van der Waals surface area contributed by atoms with E-state index in [0.717, 1.165) is 52.9 Å². The van der Waals surface area contributed by atoms with Crippen LogP contribution in [0.1, 0.15) is 78.7 Å². The number of hydrogen-bond donors (Lipinski definition) is 3. The molecule has 0 aliphatic carbocycles. The zero-order valence-corrected chi connectivity index (χ0v) is 27.6. The molecule has 0 unspecified atom stereocenters. The maximum atomic E-state index is 12.5. The minimum atomic E-state index is -0.802. The summed E-state index contributed by atoms with van der Waals surface area (Å²) in [6, 6.07) is 34.6. The highest BCUT2D eigenvalue weighted by atomic mass is 16.7. The van der Waals surface area contributed by atoms with Gasteiger partial charge >= 0.3 is 5.97 Å². The summed E-state index contributed by atoms with van der Waals surface area (Å²) in [5.74, 6) is -0.838. The lowest BCUT2D eigenvalue weighted by Crippen LogP contribution is -2.37. The number of likely N-dealkylation sites (N-methyl/N-ethyl adjacent to an activating group) is 1. The lowest BCUT2D eigenvalue weighted by atomic mass is 9.97. The van der Waals surface area contributed by atoms with Crippen molar-refractivity contribution in [3.05, 3.63) is 131 Å². The molecular formula is C40H46N2O6. The van der Waals surface area contributed by atoms with E-state index >= 15 is 0 Å². The molecule has 0 aromatic heterocycles. The van der Waals surface area contributed by atoms with Gasteiger partial charge in [-0.3, -0.25) is 14.5 Å². The summed E-state index contributed by atoms with van der Waals surface area (Å²) in [6.07, 6.45) is 2.46. The molecule has 3 N–H and O–H groups in total. The Labute approximate surface area is 283 Å². The first-order valence-corrected chi connectivity index (χ1v) is 16.8. The van der Waals surface area contributed by atoms with Crippen LogP contribution < -0.4 is 5.32 Å². The number of aliphatic carboxylic acids is 1. The van der Waals surface area contributed by atoms with Crippen LogP contribution >= 0.6 is 0 Å². The zero-order valence-electron chi connectivity index (χ0n) is 27.6. The van der Waals surface area contributed by atoms with Crippen LogP contribution in [0.2, 0.25) is 0 Å². The van der Waals surface area contributed by atoms with Crippen LogP contribution in [0, 0.1) is 0 Å². The fourth-order valence-electron chi connectivity index (χ4n) is 6.14. The van der Waals surface area contributed by atoms with E-state index in [4.69, 9.17) is 14.6 Å². The van der Waals surface area contributed by atoms with Gasteiger partial charge < -0.3 is 25.0 Å². The topological polar surface area (TPSA) is 108 Å². The molecule has 252 valence electrons. The van der Waals surface area contributed by atoms with Crippen molar-refractivity contribution < 1.29 is 29.3 Å². The summed E-state index contributed by atoms with van der Waals surface area (Å²) in [5.41, 5.74) is 7.20. The van der Waals surface area contributed by atoms with E-state index in [9.17, 15) is 14.7 Å². The van der Waals surface area contributed by atoms with Crippen molar-refractivity contribution in [1.82, 2.24) is 10.2 Å². The SMILES string of the molecule is CN(Cc1ccccc1)C[C@H]1C[C@@H](c2ccc(CO)cc2)O[C@@H](c2ccc(-c3ccccc3CNC(=O)CCCCCC(=O)O)cc2)O1. The van der Waals surface area contributed by atoms with Crippen molar-refractivity contribution in [2.75, 3.05) is 13.6 Å². The number of carboxylic acids is 1. The minimum absolute atomic E-state index is 0.00246. The van der Waals surface area contributed by atoms with Crippen molar-refractivity contribution in [3.63, 3.8) is 0 Å². The molecule has 48 heavy (non-hydrogen) atoms.